The van der Waals surface area contributed by atoms with Crippen LogP contribution in [0.5, 0.6) is 0 Å². The lowest BCUT2D eigenvalue weighted by Gasteiger charge is -2.30. The molecule has 1 nitrogen and oxygen atoms in total. The Kier molecular flexibility index (Phi) is 6.54. The van der Waals surface area contributed by atoms with Gasteiger partial charge in [-0.05, 0) is 84.7 Å². The number of nitrogens with zero attached hydrogens (tertiary/aromatic N) is 1. The van der Waals surface area contributed by atoms with Crippen molar-refractivity contribution in [2.75, 3.05) is 4.90 Å². The van der Waals surface area contributed by atoms with Gasteiger partial charge in [-0.2, -0.15) is 0 Å². The van der Waals surface area contributed by atoms with Crippen LogP contribution in [0.25, 0.3) is 65.3 Å². The molecule has 0 aromatic heterocycles. The first-order valence-electron chi connectivity index (χ1n) is 16.2. The van der Waals surface area contributed by atoms with Crippen molar-refractivity contribution in [2.45, 2.75) is 0 Å². The molecule has 0 aliphatic heterocycles. The highest BCUT2D eigenvalue weighted by atomic mass is 15.1. The van der Waals surface area contributed by atoms with Crippen LogP contribution in [0.1, 0.15) is 0 Å². The van der Waals surface area contributed by atoms with Crippen LogP contribution in [0.15, 0.2) is 188 Å². The van der Waals surface area contributed by atoms with Gasteiger partial charge in [0.1, 0.15) is 0 Å². The third-order valence-electron chi connectivity index (χ3n) is 9.42. The zero-order chi connectivity index (χ0) is 31.2. The lowest BCUT2D eigenvalue weighted by Crippen LogP contribution is -2.12. The molecule has 0 atom stereocenters. The van der Waals surface area contributed by atoms with Crippen molar-refractivity contribution in [1.29, 1.82) is 0 Å². The number of para-hydroxylation sites is 1. The molecule has 0 N–H and O–H groups in total. The second kappa shape index (κ2) is 11.3. The Morgan fingerprint density at radius 1 is 0.277 bits per heavy atom. The van der Waals surface area contributed by atoms with E-state index in [1.165, 1.54) is 65.3 Å². The smallest absolute Gasteiger partial charge is 0.0546 e. The van der Waals surface area contributed by atoms with Gasteiger partial charge in [-0.1, -0.05) is 158 Å². The van der Waals surface area contributed by atoms with Crippen molar-refractivity contribution < 1.29 is 0 Å². The monoisotopic (exact) mass is 597 g/mol. The highest BCUT2D eigenvalue weighted by Crippen LogP contribution is 2.49. The first-order chi connectivity index (χ1) is 23.3. The van der Waals surface area contributed by atoms with E-state index < -0.39 is 0 Å². The Bertz CT molecular complexity index is 2570. The predicted octanol–water partition coefficient (Wildman–Crippen LogP) is 13.1. The first kappa shape index (κ1) is 27.2. The molecule has 0 aliphatic rings. The van der Waals surface area contributed by atoms with Gasteiger partial charge in [0.2, 0.25) is 0 Å². The second-order valence-electron chi connectivity index (χ2n) is 12.1. The topological polar surface area (TPSA) is 3.24 Å². The summed E-state index contributed by atoms with van der Waals surface area (Å²) in [6.45, 7) is 0. The molecule has 0 bridgehead atoms. The van der Waals surface area contributed by atoms with Crippen LogP contribution in [-0.2, 0) is 0 Å². The van der Waals surface area contributed by atoms with Gasteiger partial charge in [0.05, 0.1) is 11.4 Å². The second-order valence-corrected chi connectivity index (χ2v) is 12.1. The van der Waals surface area contributed by atoms with Crippen LogP contribution in [0.4, 0.5) is 17.1 Å². The Morgan fingerprint density at radius 2 is 0.787 bits per heavy atom. The summed E-state index contributed by atoms with van der Waals surface area (Å²) in [5.41, 5.74) is 8.27. The third-order valence-corrected chi connectivity index (χ3v) is 9.42. The summed E-state index contributed by atoms with van der Waals surface area (Å²) in [6.07, 6.45) is 0. The Balaban J connectivity index is 1.45. The van der Waals surface area contributed by atoms with Crippen LogP contribution < -0.4 is 4.90 Å². The van der Waals surface area contributed by atoms with Gasteiger partial charge >= 0.3 is 0 Å². The van der Waals surface area contributed by atoms with Gasteiger partial charge in [-0.25, -0.2) is 0 Å². The van der Waals surface area contributed by atoms with E-state index >= 15 is 0 Å². The summed E-state index contributed by atoms with van der Waals surface area (Å²) in [5.74, 6) is 0. The Hall–Kier alpha value is -6.18. The molecular weight excluding hydrogens is 567 g/mol. The zero-order valence-corrected chi connectivity index (χ0v) is 25.8. The molecule has 9 aromatic rings. The summed E-state index contributed by atoms with van der Waals surface area (Å²) in [7, 11) is 0. The van der Waals surface area contributed by atoms with E-state index in [-0.39, 0.29) is 0 Å². The lowest BCUT2D eigenvalue weighted by molar-refractivity contribution is 1.30. The summed E-state index contributed by atoms with van der Waals surface area (Å²) >= 11 is 0. The average Bonchev–Trinajstić information content (AvgIpc) is 3.15. The van der Waals surface area contributed by atoms with Gasteiger partial charge in [0.15, 0.2) is 0 Å². The number of rotatable bonds is 5. The van der Waals surface area contributed by atoms with Crippen molar-refractivity contribution in [3.05, 3.63) is 188 Å². The Labute approximate surface area is 274 Å². The van der Waals surface area contributed by atoms with Crippen LogP contribution >= 0.6 is 0 Å². The van der Waals surface area contributed by atoms with Gasteiger partial charge in [0, 0.05) is 16.6 Å². The van der Waals surface area contributed by atoms with Crippen LogP contribution in [0.3, 0.4) is 0 Å². The molecule has 0 heterocycles. The molecule has 9 rings (SSSR count). The minimum atomic E-state index is 1.12. The highest BCUT2D eigenvalue weighted by Gasteiger charge is 2.24. The maximum absolute atomic E-state index is 2.45. The van der Waals surface area contributed by atoms with Crippen molar-refractivity contribution in [3.8, 4) is 22.3 Å². The number of fused-ring (bicyclic) bond motifs is 5. The molecule has 0 saturated carbocycles. The molecular formula is C46H31N. The highest BCUT2D eigenvalue weighted by molar-refractivity contribution is 6.17. The fraction of sp³-hybridized carbons (Fsp3) is 0. The average molecular weight is 598 g/mol. The fourth-order valence-corrected chi connectivity index (χ4v) is 7.34. The van der Waals surface area contributed by atoms with Crippen molar-refractivity contribution in [2.24, 2.45) is 0 Å². The van der Waals surface area contributed by atoms with Crippen LogP contribution in [0.2, 0.25) is 0 Å². The lowest BCUT2D eigenvalue weighted by atomic mass is 9.86. The van der Waals surface area contributed by atoms with E-state index in [9.17, 15) is 0 Å². The van der Waals surface area contributed by atoms with Crippen molar-refractivity contribution >= 4 is 60.2 Å². The van der Waals surface area contributed by atoms with E-state index in [1.54, 1.807) is 0 Å². The number of hydrogen-bond donors (Lipinski definition) is 0. The van der Waals surface area contributed by atoms with E-state index in [1.807, 2.05) is 0 Å². The minimum absolute atomic E-state index is 1.12. The fourth-order valence-electron chi connectivity index (χ4n) is 7.34. The van der Waals surface area contributed by atoms with E-state index in [2.05, 4.69) is 193 Å². The Morgan fingerprint density at radius 3 is 1.57 bits per heavy atom. The van der Waals surface area contributed by atoms with Gasteiger partial charge in [-0.15, -0.1) is 0 Å². The molecule has 220 valence electrons. The molecule has 0 fully saturated rings. The predicted molar refractivity (Wildman–Crippen MR) is 202 cm³/mol. The molecule has 9 aromatic carbocycles. The van der Waals surface area contributed by atoms with E-state index in [0.717, 1.165) is 17.1 Å². The molecule has 0 amide bonds. The van der Waals surface area contributed by atoms with Gasteiger partial charge < -0.3 is 4.90 Å². The molecule has 0 spiro atoms. The molecule has 1 heteroatoms. The number of anilines is 3. The first-order valence-corrected chi connectivity index (χ1v) is 16.2. The molecule has 0 unspecified atom stereocenters. The van der Waals surface area contributed by atoms with Crippen LogP contribution in [-0.4, -0.2) is 0 Å². The number of hydrogen-bond acceptors (Lipinski definition) is 1. The molecule has 0 radical (unpaired) electrons. The quantitative estimate of drug-likeness (QED) is 0.178. The standard InChI is InChI=1S/C46H31N/c1-2-20-35(21-3-1)47(44-29-13-19-33-16-5-9-24-38(33)44)45-30-14-28-42(46(45)41-27-12-18-32-15-4-7-22-36(32)41)43-31-34-17-6-8-23-37(34)39-25-10-11-26-40(39)43/h1-31H. The van der Waals surface area contributed by atoms with E-state index in [4.69, 9.17) is 0 Å². The van der Waals surface area contributed by atoms with Gasteiger partial charge in [0.25, 0.3) is 0 Å². The normalized spacial score (nSPS) is 11.4. The van der Waals surface area contributed by atoms with Crippen LogP contribution in [0, 0.1) is 0 Å². The minimum Gasteiger partial charge on any atom is -0.309 e. The van der Waals surface area contributed by atoms with Gasteiger partial charge in [-0.3, -0.25) is 0 Å². The maximum atomic E-state index is 2.45. The molecule has 0 saturated heterocycles. The zero-order valence-electron chi connectivity index (χ0n) is 25.8. The molecule has 0 aliphatic carbocycles. The molecule has 47 heavy (non-hydrogen) atoms. The maximum Gasteiger partial charge on any atom is 0.0546 e. The summed E-state index contributed by atoms with van der Waals surface area (Å²) in [5, 5.41) is 9.93. The third kappa shape index (κ3) is 4.56. The van der Waals surface area contributed by atoms with E-state index in [0.29, 0.717) is 0 Å². The number of benzene rings is 9. The summed E-state index contributed by atoms with van der Waals surface area (Å²) < 4.78 is 0. The largest absolute Gasteiger partial charge is 0.309 e. The van der Waals surface area contributed by atoms with Crippen molar-refractivity contribution in [1.82, 2.24) is 0 Å². The van der Waals surface area contributed by atoms with Crippen molar-refractivity contribution in [3.63, 3.8) is 0 Å². The summed E-state index contributed by atoms with van der Waals surface area (Å²) in [4.78, 5) is 2.45. The SMILES string of the molecule is c1ccc(N(c2cccc(-c3cc4ccccc4c4ccccc34)c2-c2cccc3ccccc23)c2cccc3ccccc23)cc1. The summed E-state index contributed by atoms with van der Waals surface area (Å²) in [6, 6.07) is 68.4.